The zero-order valence-electron chi connectivity index (χ0n) is 7.11. The van der Waals surface area contributed by atoms with Crippen LogP contribution in [0.25, 0.3) is 0 Å². The van der Waals surface area contributed by atoms with Crippen molar-refractivity contribution in [3.63, 3.8) is 0 Å². The molecule has 0 amide bonds. The van der Waals surface area contributed by atoms with Crippen LogP contribution in [0.5, 0.6) is 0 Å². The van der Waals surface area contributed by atoms with E-state index in [0.29, 0.717) is 0 Å². The molecule has 0 radical (unpaired) electrons. The Morgan fingerprint density at radius 2 is 1.17 bits per heavy atom. The Hall–Kier alpha value is 1.69. The summed E-state index contributed by atoms with van der Waals surface area (Å²) in [6.45, 7) is 0. The average molecular weight is 560 g/mol. The zero-order chi connectivity index (χ0) is 7.97. The van der Waals surface area contributed by atoms with Crippen LogP contribution in [0.1, 0.15) is 38.5 Å². The summed E-state index contributed by atoms with van der Waals surface area (Å²) in [5.74, 6) is 0. The third kappa shape index (κ3) is 1.51. The van der Waals surface area contributed by atoms with E-state index in [1.54, 1.807) is 0 Å². The Balaban J connectivity index is 1.44. The topological polar surface area (TPSA) is 18.5 Å². The van der Waals surface area contributed by atoms with Crippen molar-refractivity contribution >= 4 is 45.3 Å². The van der Waals surface area contributed by atoms with Gasteiger partial charge in [-0.2, -0.15) is 0 Å². The van der Waals surface area contributed by atoms with Crippen LogP contribution in [0, 0.1) is 0 Å². The molecule has 4 heteroatoms. The predicted octanol–water partition coefficient (Wildman–Crippen LogP) is 2.12. The van der Waals surface area contributed by atoms with E-state index >= 15 is 0 Å². The van der Waals surface area contributed by atoms with Gasteiger partial charge in [-0.3, -0.25) is 0 Å². The van der Waals surface area contributed by atoms with Crippen LogP contribution in [0.2, 0.25) is 7.25 Å². The second-order valence-corrected chi connectivity index (χ2v) is 26.4. The molecule has 0 atom stereocenters. The van der Waals surface area contributed by atoms with E-state index in [0.717, 1.165) is 7.25 Å². The molecule has 0 aromatic carbocycles. The third-order valence-corrected chi connectivity index (χ3v) is 36.2. The maximum absolute atomic E-state index is 6.13. The van der Waals surface area contributed by atoms with Crippen LogP contribution in [0.3, 0.4) is 0 Å². The minimum absolute atomic E-state index is 0.992. The summed E-state index contributed by atoms with van der Waals surface area (Å²) in [6.07, 6.45) is 8.68. The van der Waals surface area contributed by atoms with E-state index < -0.39 is 45.3 Å². The Morgan fingerprint density at radius 3 is 1.42 bits per heavy atom. The fourth-order valence-electron chi connectivity index (χ4n) is 1.63. The van der Waals surface area contributed by atoms with Crippen molar-refractivity contribution in [1.29, 1.82) is 0 Å². The van der Waals surface area contributed by atoms with Crippen LogP contribution in [0.15, 0.2) is 0 Å². The van der Waals surface area contributed by atoms with Crippen molar-refractivity contribution in [2.45, 2.75) is 45.8 Å². The van der Waals surface area contributed by atoms with Crippen LogP contribution < -0.4 is 0 Å². The molecule has 0 bridgehead atoms. The molecule has 2 nitrogen and oxygen atoms in total. The summed E-state index contributed by atoms with van der Waals surface area (Å²) < 4.78 is 14.2. The summed E-state index contributed by atoms with van der Waals surface area (Å²) in [6, 6.07) is 0. The maximum atomic E-state index is 6.13. The summed E-state index contributed by atoms with van der Waals surface area (Å²) in [7, 11) is 0. The van der Waals surface area contributed by atoms with Gasteiger partial charge in [0.05, 0.1) is 0 Å². The summed E-state index contributed by atoms with van der Waals surface area (Å²) in [5.41, 5.74) is 0. The molecule has 3 rings (SSSR count). The molecule has 2 saturated carbocycles. The van der Waals surface area contributed by atoms with Gasteiger partial charge < -0.3 is 0 Å². The molecule has 12 heavy (non-hydrogen) atoms. The fraction of sp³-hybridized carbons (Fsp3) is 1.00. The Morgan fingerprint density at radius 1 is 0.750 bits per heavy atom. The van der Waals surface area contributed by atoms with Gasteiger partial charge in [0, 0.05) is 0 Å². The van der Waals surface area contributed by atoms with Crippen LogP contribution >= 0.6 is 0 Å². The predicted molar refractivity (Wildman–Crippen MR) is 48.9 cm³/mol. The van der Waals surface area contributed by atoms with Gasteiger partial charge in [-0.1, -0.05) is 0 Å². The van der Waals surface area contributed by atoms with Crippen LogP contribution in [0.4, 0.5) is 0 Å². The van der Waals surface area contributed by atoms with Crippen molar-refractivity contribution in [3.8, 4) is 0 Å². The second-order valence-electron chi connectivity index (χ2n) is 3.90. The first kappa shape index (κ1) is 8.95. The first-order valence-corrected chi connectivity index (χ1v) is 14.6. The summed E-state index contributed by atoms with van der Waals surface area (Å²) in [4.78, 5) is 0. The van der Waals surface area contributed by atoms with Crippen molar-refractivity contribution < 1.29 is 1.78 Å². The molecule has 1 heterocycles. The van der Waals surface area contributed by atoms with E-state index in [1.165, 1.54) is 38.5 Å². The van der Waals surface area contributed by atoms with Crippen LogP contribution in [-0.4, -0.2) is 45.3 Å². The normalized spacial score (nSPS) is 34.0. The molecule has 0 aromatic heterocycles. The van der Waals surface area contributed by atoms with Crippen molar-refractivity contribution in [2.24, 2.45) is 0 Å². The van der Waals surface area contributed by atoms with Crippen molar-refractivity contribution in [1.82, 2.24) is 0 Å². The molecule has 68 valence electrons. The van der Waals surface area contributed by atoms with Gasteiger partial charge in [-0.25, -0.2) is 0 Å². The van der Waals surface area contributed by atoms with Gasteiger partial charge in [0.2, 0.25) is 0 Å². The Kier molecular flexibility index (Phi) is 2.75. The molecule has 3 fully saturated rings. The van der Waals surface area contributed by atoms with Gasteiger partial charge in [0.1, 0.15) is 0 Å². The number of hydrogen-bond acceptors (Lipinski definition) is 2. The average Bonchev–Trinajstić information content (AvgIpc) is 1.73. The van der Waals surface area contributed by atoms with E-state index in [-0.39, 0.29) is 0 Å². The van der Waals surface area contributed by atoms with Gasteiger partial charge in [-0.15, -0.1) is 0 Å². The number of rotatable bonds is 2. The van der Waals surface area contributed by atoms with E-state index in [4.69, 9.17) is 1.78 Å². The number of hydrogen-bond donors (Lipinski definition) is 0. The molecular formula is C8H14Bi2O2. The molecule has 0 unspecified atom stereocenters. The zero-order valence-corrected chi connectivity index (χ0v) is 14.1. The van der Waals surface area contributed by atoms with Gasteiger partial charge in [-0.05, 0) is 0 Å². The molecule has 0 spiro atoms. The van der Waals surface area contributed by atoms with E-state index in [9.17, 15) is 0 Å². The molecule has 0 aromatic rings. The molecule has 1 saturated heterocycles. The minimum atomic E-state index is -1.61. The van der Waals surface area contributed by atoms with Gasteiger partial charge >= 0.3 is 92.8 Å². The monoisotopic (exact) mass is 560 g/mol. The molecular weight excluding hydrogens is 546 g/mol. The summed E-state index contributed by atoms with van der Waals surface area (Å²) >= 11 is -3.22. The summed E-state index contributed by atoms with van der Waals surface area (Å²) in [5, 5.41) is 0. The molecule has 2 aliphatic carbocycles. The molecule has 0 N–H and O–H groups in total. The van der Waals surface area contributed by atoms with E-state index in [1.807, 2.05) is 0 Å². The van der Waals surface area contributed by atoms with E-state index in [2.05, 4.69) is 0 Å². The quantitative estimate of drug-likeness (QED) is 0.483. The first-order chi connectivity index (χ1) is 5.93. The fourth-order valence-corrected chi connectivity index (χ4v) is 40.5. The van der Waals surface area contributed by atoms with Gasteiger partial charge in [0.15, 0.2) is 0 Å². The third-order valence-electron chi connectivity index (χ3n) is 3.07. The van der Waals surface area contributed by atoms with Gasteiger partial charge in [0.25, 0.3) is 0 Å². The second kappa shape index (κ2) is 3.68. The van der Waals surface area contributed by atoms with Crippen molar-refractivity contribution in [2.75, 3.05) is 0 Å². The molecule has 3 aliphatic rings. The Bertz CT molecular complexity index is 156. The Labute approximate surface area is 91.8 Å². The SMILES string of the molecule is C1C[CH]([Bi]2[O][Bi]([CH]3CCC3)[O]2)C1. The van der Waals surface area contributed by atoms with Crippen LogP contribution in [-0.2, 0) is 1.78 Å². The van der Waals surface area contributed by atoms with Crippen molar-refractivity contribution in [3.05, 3.63) is 0 Å². The first-order valence-electron chi connectivity index (χ1n) is 4.88. The molecule has 1 aliphatic heterocycles. The standard InChI is InChI=1S/2C4H7.2Bi.2O/c2*1-2-4-3-1;;;;/h2*1H,2-4H2;;;;.